The van der Waals surface area contributed by atoms with E-state index < -0.39 is 6.10 Å². The molecule has 21 heavy (non-hydrogen) atoms. The molecule has 0 radical (unpaired) electrons. The first kappa shape index (κ1) is 13.2. The van der Waals surface area contributed by atoms with Crippen molar-refractivity contribution in [2.45, 2.75) is 6.10 Å². The maximum atomic E-state index is 12.2. The number of benzene rings is 1. The van der Waals surface area contributed by atoms with E-state index in [0.29, 0.717) is 23.1 Å². The molecule has 0 spiro atoms. The van der Waals surface area contributed by atoms with E-state index in [4.69, 9.17) is 14.2 Å². The molecule has 1 amide bonds. The van der Waals surface area contributed by atoms with Crippen molar-refractivity contribution in [1.82, 2.24) is 4.98 Å². The topological polar surface area (TPSA) is 69.7 Å². The van der Waals surface area contributed by atoms with Gasteiger partial charge in [0.05, 0.1) is 7.11 Å². The number of aromatic nitrogens is 1. The van der Waals surface area contributed by atoms with E-state index in [1.807, 2.05) is 12.1 Å². The molecule has 0 bridgehead atoms. The summed E-state index contributed by atoms with van der Waals surface area (Å²) in [6, 6.07) is 10.7. The Morgan fingerprint density at radius 3 is 2.90 bits per heavy atom. The van der Waals surface area contributed by atoms with E-state index in [1.54, 1.807) is 30.5 Å². The average Bonchev–Trinajstić information content (AvgIpc) is 2.55. The van der Waals surface area contributed by atoms with Gasteiger partial charge < -0.3 is 19.5 Å². The van der Waals surface area contributed by atoms with Gasteiger partial charge in [-0.2, -0.15) is 0 Å². The first-order valence-corrected chi connectivity index (χ1v) is 6.46. The van der Waals surface area contributed by atoms with Crippen LogP contribution < -0.4 is 19.5 Å². The third kappa shape index (κ3) is 2.74. The van der Waals surface area contributed by atoms with Crippen LogP contribution >= 0.6 is 0 Å². The fourth-order valence-electron chi connectivity index (χ4n) is 2.01. The summed E-state index contributed by atoms with van der Waals surface area (Å²) in [6.07, 6.45) is 0.870. The van der Waals surface area contributed by atoms with Crippen molar-refractivity contribution in [1.29, 1.82) is 0 Å². The zero-order valence-corrected chi connectivity index (χ0v) is 11.4. The number of methoxy groups -OCH3 is 1. The Bertz CT molecular complexity index is 660. The van der Waals surface area contributed by atoms with Crippen LogP contribution in [0.1, 0.15) is 0 Å². The van der Waals surface area contributed by atoms with Gasteiger partial charge in [0.15, 0.2) is 11.5 Å². The van der Waals surface area contributed by atoms with E-state index in [1.165, 1.54) is 7.11 Å². The van der Waals surface area contributed by atoms with Crippen LogP contribution in [-0.2, 0) is 4.79 Å². The minimum atomic E-state index is -0.718. The molecular weight excluding hydrogens is 272 g/mol. The Labute approximate surface area is 121 Å². The number of hydrogen-bond acceptors (Lipinski definition) is 5. The first-order valence-electron chi connectivity index (χ1n) is 6.46. The number of anilines is 1. The van der Waals surface area contributed by atoms with Gasteiger partial charge in [0.2, 0.25) is 12.0 Å². The lowest BCUT2D eigenvalue weighted by Gasteiger charge is -2.25. The molecule has 6 heteroatoms. The second kappa shape index (κ2) is 5.70. The summed E-state index contributed by atoms with van der Waals surface area (Å²) in [6.45, 7) is 0.158. The lowest BCUT2D eigenvalue weighted by molar-refractivity contribution is -0.125. The lowest BCUT2D eigenvalue weighted by Crippen LogP contribution is -2.40. The number of ether oxygens (including phenoxy) is 3. The van der Waals surface area contributed by atoms with Crippen molar-refractivity contribution in [2.24, 2.45) is 0 Å². The van der Waals surface area contributed by atoms with Gasteiger partial charge in [-0.1, -0.05) is 12.1 Å². The number of nitrogens with zero attached hydrogens (tertiary/aromatic N) is 1. The summed E-state index contributed by atoms with van der Waals surface area (Å²) >= 11 is 0. The molecule has 1 aromatic heterocycles. The highest BCUT2D eigenvalue weighted by Crippen LogP contribution is 2.31. The van der Waals surface area contributed by atoms with Gasteiger partial charge >= 0.3 is 0 Å². The summed E-state index contributed by atoms with van der Waals surface area (Å²) in [5.41, 5.74) is 0.493. The molecule has 3 rings (SSSR count). The summed E-state index contributed by atoms with van der Waals surface area (Å²) in [5.74, 6) is 1.24. The van der Waals surface area contributed by atoms with Crippen molar-refractivity contribution >= 4 is 11.6 Å². The fraction of sp³-hybridized carbons (Fsp3) is 0.200. The van der Waals surface area contributed by atoms with Gasteiger partial charge in [0.25, 0.3) is 5.91 Å². The molecule has 2 aromatic rings. The largest absolute Gasteiger partial charge is 0.485 e. The smallest absolute Gasteiger partial charge is 0.269 e. The molecule has 0 unspecified atom stereocenters. The number of carbonyl (C=O) groups excluding carboxylic acids is 1. The lowest BCUT2D eigenvalue weighted by atomic mass is 10.2. The normalized spacial score (nSPS) is 16.1. The Morgan fingerprint density at radius 2 is 2.10 bits per heavy atom. The van der Waals surface area contributed by atoms with Crippen molar-refractivity contribution in [2.75, 3.05) is 19.0 Å². The van der Waals surface area contributed by atoms with Crippen molar-refractivity contribution in [3.8, 4) is 17.4 Å². The standard InChI is InChI=1S/C15H14N2O4/c1-19-15-10(5-4-8-16-15)17-14(18)13-9-20-11-6-2-3-7-12(11)21-13/h2-8,13H,9H2,1H3,(H,17,18)/t13-/m0/s1. The molecule has 108 valence electrons. The molecule has 2 heterocycles. The zero-order chi connectivity index (χ0) is 14.7. The van der Waals surface area contributed by atoms with Crippen LogP contribution in [-0.4, -0.2) is 30.7 Å². The molecule has 1 aliphatic heterocycles. The van der Waals surface area contributed by atoms with E-state index in [0.717, 1.165) is 0 Å². The zero-order valence-electron chi connectivity index (χ0n) is 11.4. The Hall–Kier alpha value is -2.76. The number of para-hydroxylation sites is 2. The molecule has 1 N–H and O–H groups in total. The van der Waals surface area contributed by atoms with Crippen LogP contribution in [0.2, 0.25) is 0 Å². The molecule has 0 saturated carbocycles. The SMILES string of the molecule is COc1ncccc1NC(=O)[C@@H]1COc2ccccc2O1. The summed E-state index contributed by atoms with van der Waals surface area (Å²) in [7, 11) is 1.49. The Kier molecular flexibility index (Phi) is 3.59. The maximum Gasteiger partial charge on any atom is 0.269 e. The first-order chi connectivity index (χ1) is 10.3. The number of fused-ring (bicyclic) bond motifs is 1. The van der Waals surface area contributed by atoms with Crippen molar-refractivity contribution < 1.29 is 19.0 Å². The molecule has 0 aliphatic carbocycles. The molecule has 0 fully saturated rings. The van der Waals surface area contributed by atoms with Gasteiger partial charge in [-0.15, -0.1) is 0 Å². The molecule has 1 aromatic carbocycles. The van der Waals surface area contributed by atoms with Gasteiger partial charge in [-0.25, -0.2) is 4.98 Å². The van der Waals surface area contributed by atoms with E-state index in [2.05, 4.69) is 10.3 Å². The van der Waals surface area contributed by atoms with Crippen molar-refractivity contribution in [3.05, 3.63) is 42.6 Å². The Morgan fingerprint density at radius 1 is 1.29 bits per heavy atom. The van der Waals surface area contributed by atoms with Crippen LogP contribution in [0.15, 0.2) is 42.6 Å². The quantitative estimate of drug-likeness (QED) is 0.932. The highest BCUT2D eigenvalue weighted by atomic mass is 16.6. The van der Waals surface area contributed by atoms with Gasteiger partial charge in [-0.3, -0.25) is 4.79 Å². The van der Waals surface area contributed by atoms with Crippen LogP contribution in [0, 0.1) is 0 Å². The van der Waals surface area contributed by atoms with Crippen LogP contribution in [0.3, 0.4) is 0 Å². The molecule has 1 aliphatic rings. The summed E-state index contributed by atoms with van der Waals surface area (Å²) in [5, 5.41) is 2.73. The minimum absolute atomic E-state index is 0.158. The minimum Gasteiger partial charge on any atom is -0.485 e. The van der Waals surface area contributed by atoms with E-state index in [9.17, 15) is 4.79 Å². The van der Waals surface area contributed by atoms with Crippen LogP contribution in [0.4, 0.5) is 5.69 Å². The fourth-order valence-corrected chi connectivity index (χ4v) is 2.01. The highest BCUT2D eigenvalue weighted by molar-refractivity contribution is 5.95. The van der Waals surface area contributed by atoms with Crippen molar-refractivity contribution in [3.63, 3.8) is 0 Å². The number of rotatable bonds is 3. The van der Waals surface area contributed by atoms with Gasteiger partial charge in [0.1, 0.15) is 12.3 Å². The number of amides is 1. The van der Waals surface area contributed by atoms with Crippen LogP contribution in [0.25, 0.3) is 0 Å². The third-order valence-electron chi connectivity index (χ3n) is 3.02. The molecular formula is C15H14N2O4. The second-order valence-corrected chi connectivity index (χ2v) is 4.41. The van der Waals surface area contributed by atoms with Gasteiger partial charge in [-0.05, 0) is 24.3 Å². The third-order valence-corrected chi connectivity index (χ3v) is 3.02. The number of pyridine rings is 1. The van der Waals surface area contributed by atoms with Gasteiger partial charge in [0, 0.05) is 6.20 Å². The number of carbonyl (C=O) groups is 1. The molecule has 6 nitrogen and oxygen atoms in total. The predicted molar refractivity (Wildman–Crippen MR) is 75.8 cm³/mol. The van der Waals surface area contributed by atoms with E-state index in [-0.39, 0.29) is 12.5 Å². The van der Waals surface area contributed by atoms with Crippen LogP contribution in [0.5, 0.6) is 17.4 Å². The predicted octanol–water partition coefficient (Wildman–Crippen LogP) is 1.87. The summed E-state index contributed by atoms with van der Waals surface area (Å²) in [4.78, 5) is 16.3. The summed E-state index contributed by atoms with van der Waals surface area (Å²) < 4.78 is 16.3. The van der Waals surface area contributed by atoms with E-state index >= 15 is 0 Å². The highest BCUT2D eigenvalue weighted by Gasteiger charge is 2.27. The second-order valence-electron chi connectivity index (χ2n) is 4.41. The Balaban J connectivity index is 1.72. The number of nitrogens with one attached hydrogen (secondary N) is 1. The molecule has 1 atom stereocenters. The molecule has 0 saturated heterocycles. The monoisotopic (exact) mass is 286 g/mol. The number of hydrogen-bond donors (Lipinski definition) is 1. The average molecular weight is 286 g/mol. The maximum absolute atomic E-state index is 12.2.